The molecule has 0 amide bonds. The molecule has 10 heteroatoms. The molecule has 0 bridgehead atoms. The minimum atomic E-state index is -4.71. The summed E-state index contributed by atoms with van der Waals surface area (Å²) in [5.41, 5.74) is 3.37. The first-order valence-electron chi connectivity index (χ1n) is 10.6. The van der Waals surface area contributed by atoms with E-state index >= 15 is 0 Å². The highest BCUT2D eigenvalue weighted by molar-refractivity contribution is 7.89. The topological polar surface area (TPSA) is 87.8 Å². The highest BCUT2D eigenvalue weighted by Crippen LogP contribution is 2.41. The van der Waals surface area contributed by atoms with Gasteiger partial charge in [0.1, 0.15) is 17.0 Å². The van der Waals surface area contributed by atoms with Crippen LogP contribution in [0.4, 0.5) is 13.2 Å². The van der Waals surface area contributed by atoms with Crippen LogP contribution >= 0.6 is 0 Å². The van der Waals surface area contributed by atoms with Gasteiger partial charge in [-0.05, 0) is 51.0 Å². The van der Waals surface area contributed by atoms with Gasteiger partial charge in [0.25, 0.3) is 0 Å². The molecule has 2 aromatic heterocycles. The van der Waals surface area contributed by atoms with Crippen molar-refractivity contribution in [3.8, 4) is 17.5 Å². The van der Waals surface area contributed by atoms with Gasteiger partial charge < -0.3 is 4.57 Å². The molecule has 0 unspecified atom stereocenters. The summed E-state index contributed by atoms with van der Waals surface area (Å²) in [4.78, 5) is 3.90. The molecule has 6 nitrogen and oxygen atoms in total. The average Bonchev–Trinajstić information content (AvgIpc) is 3.38. The summed E-state index contributed by atoms with van der Waals surface area (Å²) in [6, 6.07) is 8.80. The Kier molecular flexibility index (Phi) is 5.97. The second kappa shape index (κ2) is 8.47. The molecule has 1 N–H and O–H groups in total. The number of sulfonamides is 1. The third-order valence-corrected chi connectivity index (χ3v) is 7.60. The van der Waals surface area contributed by atoms with Crippen LogP contribution in [0.1, 0.15) is 49.8 Å². The smallest absolute Gasteiger partial charge is 0.335 e. The maximum absolute atomic E-state index is 12.8. The zero-order valence-corrected chi connectivity index (χ0v) is 19.0. The van der Waals surface area contributed by atoms with Gasteiger partial charge in [0.05, 0.1) is 22.5 Å². The standard InChI is InChI=1S/C23H23F3N4O2S/c1-14-7-10-21-18(11-14)19(12-27)22(30(21)16-5-3-4-6-16)20-9-8-17(13-28-20)33(31,32)29-15(2)23(24,25)26/h7-11,13,15-16,29H,3-6H2,1-2H3/t15-/m0/s1. The molecule has 3 aromatic rings. The summed E-state index contributed by atoms with van der Waals surface area (Å²) in [5.74, 6) is 0. The van der Waals surface area contributed by atoms with Crippen molar-refractivity contribution in [2.75, 3.05) is 0 Å². The zero-order chi connectivity index (χ0) is 24.0. The number of alkyl halides is 3. The number of nitriles is 1. The van der Waals surface area contributed by atoms with Crippen molar-refractivity contribution in [2.24, 2.45) is 0 Å². The highest BCUT2D eigenvalue weighted by atomic mass is 32.2. The molecule has 1 aliphatic rings. The van der Waals surface area contributed by atoms with Gasteiger partial charge in [-0.3, -0.25) is 4.98 Å². The first-order valence-corrected chi connectivity index (χ1v) is 12.1. The maximum Gasteiger partial charge on any atom is 0.404 e. The van der Waals surface area contributed by atoms with Gasteiger partial charge in [-0.1, -0.05) is 24.5 Å². The van der Waals surface area contributed by atoms with Crippen molar-refractivity contribution in [3.05, 3.63) is 47.7 Å². The molecule has 33 heavy (non-hydrogen) atoms. The maximum atomic E-state index is 12.8. The van der Waals surface area contributed by atoms with Crippen LogP contribution in [0.2, 0.25) is 0 Å². The first-order chi connectivity index (χ1) is 15.5. The van der Waals surface area contributed by atoms with E-state index in [0.29, 0.717) is 17.0 Å². The molecule has 1 fully saturated rings. The van der Waals surface area contributed by atoms with Gasteiger partial charge in [-0.2, -0.15) is 23.2 Å². The van der Waals surface area contributed by atoms with E-state index in [1.54, 1.807) is 4.72 Å². The predicted octanol–water partition coefficient (Wildman–Crippen LogP) is 5.23. The Morgan fingerprint density at radius 1 is 1.21 bits per heavy atom. The molecule has 2 heterocycles. The Morgan fingerprint density at radius 2 is 1.91 bits per heavy atom. The number of aryl methyl sites for hydroxylation is 1. The Balaban J connectivity index is 1.81. The Labute approximate surface area is 190 Å². The summed E-state index contributed by atoms with van der Waals surface area (Å²) in [7, 11) is -4.42. The van der Waals surface area contributed by atoms with Crippen molar-refractivity contribution in [3.63, 3.8) is 0 Å². The third kappa shape index (κ3) is 4.35. The first kappa shape index (κ1) is 23.3. The van der Waals surface area contributed by atoms with Crippen LogP contribution < -0.4 is 4.72 Å². The lowest BCUT2D eigenvalue weighted by molar-refractivity contribution is -0.147. The second-order valence-corrected chi connectivity index (χ2v) is 10.1. The van der Waals surface area contributed by atoms with E-state index in [4.69, 9.17) is 0 Å². The normalized spacial score (nSPS) is 16.2. The molecular weight excluding hydrogens is 453 g/mol. The molecule has 1 aliphatic carbocycles. The van der Waals surface area contributed by atoms with E-state index in [2.05, 4.69) is 15.6 Å². The van der Waals surface area contributed by atoms with Gasteiger partial charge >= 0.3 is 6.18 Å². The Bertz CT molecular complexity index is 1330. The minimum Gasteiger partial charge on any atom is -0.335 e. The van der Waals surface area contributed by atoms with E-state index in [0.717, 1.165) is 55.3 Å². The lowest BCUT2D eigenvalue weighted by Gasteiger charge is -2.19. The van der Waals surface area contributed by atoms with E-state index in [1.165, 1.54) is 12.1 Å². The van der Waals surface area contributed by atoms with Crippen LogP contribution in [-0.4, -0.2) is 30.2 Å². The largest absolute Gasteiger partial charge is 0.404 e. The number of halogens is 3. The van der Waals surface area contributed by atoms with Crippen molar-refractivity contribution in [1.82, 2.24) is 14.3 Å². The number of nitrogens with one attached hydrogen (secondary N) is 1. The van der Waals surface area contributed by atoms with Gasteiger partial charge in [0.15, 0.2) is 0 Å². The lowest BCUT2D eigenvalue weighted by Crippen LogP contribution is -2.42. The molecule has 1 saturated carbocycles. The van der Waals surface area contributed by atoms with Crippen molar-refractivity contribution in [2.45, 2.75) is 62.7 Å². The SMILES string of the molecule is Cc1ccc2c(c1)c(C#N)c(-c1ccc(S(=O)(=O)N[C@@H](C)C(F)(F)F)cn1)n2C1CCCC1. The second-order valence-electron chi connectivity index (χ2n) is 8.43. The zero-order valence-electron chi connectivity index (χ0n) is 18.1. The van der Waals surface area contributed by atoms with Crippen molar-refractivity contribution < 1.29 is 21.6 Å². The van der Waals surface area contributed by atoms with Crippen LogP contribution in [0.15, 0.2) is 41.4 Å². The molecule has 0 saturated heterocycles. The highest BCUT2D eigenvalue weighted by Gasteiger charge is 2.39. The van der Waals surface area contributed by atoms with Gasteiger partial charge in [0.2, 0.25) is 10.0 Å². The molecule has 0 aliphatic heterocycles. The lowest BCUT2D eigenvalue weighted by atomic mass is 10.1. The van der Waals surface area contributed by atoms with Crippen molar-refractivity contribution >= 4 is 20.9 Å². The number of hydrogen-bond donors (Lipinski definition) is 1. The quantitative estimate of drug-likeness (QED) is 0.546. The third-order valence-electron chi connectivity index (χ3n) is 6.07. The monoisotopic (exact) mass is 476 g/mol. The average molecular weight is 477 g/mol. The fourth-order valence-electron chi connectivity index (χ4n) is 4.38. The van der Waals surface area contributed by atoms with Crippen LogP contribution in [-0.2, 0) is 10.0 Å². The number of benzene rings is 1. The van der Waals surface area contributed by atoms with Crippen LogP contribution in [0.25, 0.3) is 22.3 Å². The number of aromatic nitrogens is 2. The van der Waals surface area contributed by atoms with E-state index in [1.807, 2.05) is 25.1 Å². The minimum absolute atomic E-state index is 0.187. The summed E-state index contributed by atoms with van der Waals surface area (Å²) in [6.45, 7) is 2.68. The fraction of sp³-hybridized carbons (Fsp3) is 0.391. The van der Waals surface area contributed by atoms with E-state index in [-0.39, 0.29) is 10.9 Å². The van der Waals surface area contributed by atoms with Crippen LogP contribution in [0.5, 0.6) is 0 Å². The van der Waals surface area contributed by atoms with E-state index < -0.39 is 22.2 Å². The number of nitrogens with zero attached hydrogens (tertiary/aromatic N) is 3. The molecule has 0 spiro atoms. The molecule has 4 rings (SSSR count). The van der Waals surface area contributed by atoms with Crippen molar-refractivity contribution in [1.29, 1.82) is 5.26 Å². The summed E-state index contributed by atoms with van der Waals surface area (Å²) in [5, 5.41) is 10.8. The Morgan fingerprint density at radius 3 is 2.48 bits per heavy atom. The van der Waals surface area contributed by atoms with Gasteiger partial charge in [-0.15, -0.1) is 0 Å². The number of fused-ring (bicyclic) bond motifs is 1. The van der Waals surface area contributed by atoms with Crippen LogP contribution in [0, 0.1) is 18.3 Å². The van der Waals surface area contributed by atoms with Gasteiger partial charge in [0, 0.05) is 17.6 Å². The predicted molar refractivity (Wildman–Crippen MR) is 118 cm³/mol. The summed E-state index contributed by atoms with van der Waals surface area (Å²) in [6.07, 6.45) is 0.394. The molecular formula is C23H23F3N4O2S. The number of hydrogen-bond acceptors (Lipinski definition) is 4. The van der Waals surface area contributed by atoms with Gasteiger partial charge in [-0.25, -0.2) is 8.42 Å². The molecule has 1 atom stereocenters. The van der Waals surface area contributed by atoms with Crippen LogP contribution in [0.3, 0.4) is 0 Å². The van der Waals surface area contributed by atoms with E-state index in [9.17, 15) is 26.9 Å². The molecule has 1 aromatic carbocycles. The Hall–Kier alpha value is -2.90. The fourth-order valence-corrected chi connectivity index (χ4v) is 5.56. The summed E-state index contributed by atoms with van der Waals surface area (Å²) < 4.78 is 67.0. The molecule has 0 radical (unpaired) electrons. The molecule has 174 valence electrons. The number of pyridine rings is 1. The number of rotatable bonds is 5. The summed E-state index contributed by atoms with van der Waals surface area (Å²) >= 11 is 0.